The van der Waals surface area contributed by atoms with Gasteiger partial charge in [0, 0.05) is 24.9 Å². The summed E-state index contributed by atoms with van der Waals surface area (Å²) >= 11 is 0. The van der Waals surface area contributed by atoms with Gasteiger partial charge >= 0.3 is 5.69 Å². The molecule has 8 nitrogen and oxygen atoms in total. The molecule has 0 saturated heterocycles. The number of nitrogens with zero attached hydrogens (tertiary/aromatic N) is 5. The van der Waals surface area contributed by atoms with Crippen LogP contribution in [0.25, 0.3) is 22.4 Å². The van der Waals surface area contributed by atoms with Crippen LogP contribution in [0.2, 0.25) is 0 Å². The molecular weight excluding hydrogens is 365 g/mol. The lowest BCUT2D eigenvalue weighted by atomic mass is 10.2. The number of rotatable bonds is 2. The SMILES string of the molecule is Cc1ccc(O)c(-n2nnc3cc(F)c(-n4c(=O)cc(C)n(C)c4=O)cc32)c1. The standard InChI is InChI=1S/C19H16FN5O3/c1-10-4-5-17(26)16(6-10)25-15-9-14(12(20)8-13(15)21-22-25)24-18(27)7-11(2)23(3)19(24)28/h4-9,26H,1-3H3. The quantitative estimate of drug-likeness (QED) is 0.571. The third kappa shape index (κ3) is 2.59. The number of phenolic OH excluding ortho intramolecular Hbond substituents is 1. The molecule has 0 spiro atoms. The van der Waals surface area contributed by atoms with Crippen LogP contribution in [0.4, 0.5) is 4.39 Å². The summed E-state index contributed by atoms with van der Waals surface area (Å²) < 4.78 is 18.1. The molecule has 0 bridgehead atoms. The van der Waals surface area contributed by atoms with Crippen LogP contribution in [0.5, 0.6) is 5.75 Å². The molecule has 142 valence electrons. The largest absolute Gasteiger partial charge is 0.506 e. The zero-order chi connectivity index (χ0) is 20.2. The van der Waals surface area contributed by atoms with Crippen LogP contribution < -0.4 is 11.2 Å². The van der Waals surface area contributed by atoms with E-state index in [2.05, 4.69) is 10.3 Å². The first-order chi connectivity index (χ1) is 13.3. The lowest BCUT2D eigenvalue weighted by Crippen LogP contribution is -2.38. The number of hydrogen-bond acceptors (Lipinski definition) is 5. The van der Waals surface area contributed by atoms with E-state index in [-0.39, 0.29) is 17.0 Å². The third-order valence-corrected chi connectivity index (χ3v) is 4.67. The molecule has 0 fully saturated rings. The molecule has 28 heavy (non-hydrogen) atoms. The molecule has 0 aliphatic carbocycles. The van der Waals surface area contributed by atoms with Crippen LogP contribution in [0.1, 0.15) is 11.3 Å². The summed E-state index contributed by atoms with van der Waals surface area (Å²) in [5.41, 5.74) is 0.729. The Bertz CT molecular complexity index is 1370. The average molecular weight is 381 g/mol. The van der Waals surface area contributed by atoms with Crippen molar-refractivity contribution in [2.45, 2.75) is 13.8 Å². The molecule has 0 atom stereocenters. The van der Waals surface area contributed by atoms with Gasteiger partial charge in [-0.2, -0.15) is 0 Å². The summed E-state index contributed by atoms with van der Waals surface area (Å²) in [4.78, 5) is 25.0. The molecule has 0 unspecified atom stereocenters. The first-order valence-electron chi connectivity index (χ1n) is 8.43. The number of hydrogen-bond donors (Lipinski definition) is 1. The van der Waals surface area contributed by atoms with Crippen molar-refractivity contribution in [3.8, 4) is 17.1 Å². The molecule has 0 aliphatic heterocycles. The maximum Gasteiger partial charge on any atom is 0.335 e. The summed E-state index contributed by atoms with van der Waals surface area (Å²) in [5.74, 6) is -0.817. The first kappa shape index (κ1) is 17.7. The number of benzene rings is 2. The molecule has 9 heteroatoms. The highest BCUT2D eigenvalue weighted by Crippen LogP contribution is 2.27. The Balaban J connectivity index is 2.05. The summed E-state index contributed by atoms with van der Waals surface area (Å²) in [6.07, 6.45) is 0. The van der Waals surface area contributed by atoms with Gasteiger partial charge in [-0.1, -0.05) is 11.3 Å². The maximum absolute atomic E-state index is 14.7. The third-order valence-electron chi connectivity index (χ3n) is 4.67. The maximum atomic E-state index is 14.7. The van der Waals surface area contributed by atoms with Gasteiger partial charge in [0.1, 0.15) is 22.8 Å². The van der Waals surface area contributed by atoms with Gasteiger partial charge in [-0.15, -0.1) is 5.10 Å². The van der Waals surface area contributed by atoms with Gasteiger partial charge in [-0.05, 0) is 37.6 Å². The Hall–Kier alpha value is -3.75. The Morgan fingerprint density at radius 1 is 1.04 bits per heavy atom. The zero-order valence-electron chi connectivity index (χ0n) is 15.3. The minimum atomic E-state index is -0.781. The molecule has 0 radical (unpaired) electrons. The number of aromatic hydroxyl groups is 1. The van der Waals surface area contributed by atoms with Crippen molar-refractivity contribution < 1.29 is 9.50 Å². The number of phenols is 1. The molecule has 1 N–H and O–H groups in total. The summed E-state index contributed by atoms with van der Waals surface area (Å²) in [6.45, 7) is 3.47. The minimum Gasteiger partial charge on any atom is -0.506 e. The van der Waals surface area contributed by atoms with Crippen molar-refractivity contribution in [1.29, 1.82) is 0 Å². The Labute approximate surface area is 157 Å². The van der Waals surface area contributed by atoms with Crippen LogP contribution in [-0.2, 0) is 7.05 Å². The summed E-state index contributed by atoms with van der Waals surface area (Å²) in [7, 11) is 1.50. The van der Waals surface area contributed by atoms with Gasteiger partial charge < -0.3 is 9.67 Å². The smallest absolute Gasteiger partial charge is 0.335 e. The Morgan fingerprint density at radius 2 is 1.79 bits per heavy atom. The average Bonchev–Trinajstić information content (AvgIpc) is 3.04. The van der Waals surface area contributed by atoms with E-state index >= 15 is 0 Å². The topological polar surface area (TPSA) is 94.9 Å². The zero-order valence-corrected chi connectivity index (χ0v) is 15.3. The molecule has 2 aromatic heterocycles. The normalized spacial score (nSPS) is 11.3. The van der Waals surface area contributed by atoms with Crippen molar-refractivity contribution in [1.82, 2.24) is 24.1 Å². The molecule has 0 aliphatic rings. The van der Waals surface area contributed by atoms with Crippen LogP contribution in [0.3, 0.4) is 0 Å². The number of halogens is 1. The number of aromatic nitrogens is 5. The van der Waals surface area contributed by atoms with Gasteiger partial charge in [0.05, 0.1) is 11.2 Å². The molecule has 4 rings (SSSR count). The second-order valence-corrected chi connectivity index (χ2v) is 6.59. The fourth-order valence-electron chi connectivity index (χ4n) is 3.04. The fourth-order valence-corrected chi connectivity index (χ4v) is 3.04. The second kappa shape index (κ2) is 6.15. The molecule has 0 saturated carbocycles. The Kier molecular flexibility index (Phi) is 3.88. The van der Waals surface area contributed by atoms with Crippen LogP contribution in [0.15, 0.2) is 46.0 Å². The molecule has 2 heterocycles. The van der Waals surface area contributed by atoms with Gasteiger partial charge in [-0.3, -0.25) is 4.79 Å². The van der Waals surface area contributed by atoms with Crippen LogP contribution in [-0.4, -0.2) is 29.2 Å². The van der Waals surface area contributed by atoms with E-state index in [0.29, 0.717) is 16.9 Å². The van der Waals surface area contributed by atoms with E-state index in [1.165, 1.54) is 34.5 Å². The van der Waals surface area contributed by atoms with Crippen molar-refractivity contribution in [2.24, 2.45) is 7.05 Å². The monoisotopic (exact) mass is 381 g/mol. The van der Waals surface area contributed by atoms with E-state index in [4.69, 9.17) is 0 Å². The van der Waals surface area contributed by atoms with Crippen molar-refractivity contribution in [3.05, 3.63) is 74.3 Å². The predicted molar refractivity (Wildman–Crippen MR) is 101 cm³/mol. The van der Waals surface area contributed by atoms with Gasteiger partial charge in [0.15, 0.2) is 0 Å². The first-order valence-corrected chi connectivity index (χ1v) is 8.43. The van der Waals surface area contributed by atoms with E-state index in [9.17, 15) is 19.1 Å². The highest BCUT2D eigenvalue weighted by Gasteiger charge is 2.18. The van der Waals surface area contributed by atoms with Crippen molar-refractivity contribution in [3.63, 3.8) is 0 Å². The number of fused-ring (bicyclic) bond motifs is 1. The highest BCUT2D eigenvalue weighted by atomic mass is 19.1. The molecule has 2 aromatic carbocycles. The fraction of sp³-hybridized carbons (Fsp3) is 0.158. The highest BCUT2D eigenvalue weighted by molar-refractivity contribution is 5.79. The van der Waals surface area contributed by atoms with Gasteiger partial charge in [-0.25, -0.2) is 18.4 Å². The number of aryl methyl sites for hydroxylation is 2. The van der Waals surface area contributed by atoms with Crippen molar-refractivity contribution in [2.75, 3.05) is 0 Å². The van der Waals surface area contributed by atoms with Crippen LogP contribution in [0, 0.1) is 19.7 Å². The van der Waals surface area contributed by atoms with E-state index in [1.54, 1.807) is 19.1 Å². The minimum absolute atomic E-state index is 0.0355. The van der Waals surface area contributed by atoms with E-state index < -0.39 is 17.1 Å². The molecule has 0 amide bonds. The molecular formula is C19H16FN5O3. The van der Waals surface area contributed by atoms with Gasteiger partial charge in [0.2, 0.25) is 0 Å². The van der Waals surface area contributed by atoms with E-state index in [0.717, 1.165) is 16.2 Å². The predicted octanol–water partition coefficient (Wildman–Crippen LogP) is 1.73. The molecule has 4 aromatic rings. The van der Waals surface area contributed by atoms with Crippen LogP contribution >= 0.6 is 0 Å². The lowest BCUT2D eigenvalue weighted by molar-refractivity contribution is 0.470. The van der Waals surface area contributed by atoms with Gasteiger partial charge in [0.25, 0.3) is 5.56 Å². The lowest BCUT2D eigenvalue weighted by Gasteiger charge is -2.11. The van der Waals surface area contributed by atoms with E-state index in [1.807, 2.05) is 6.92 Å². The second-order valence-electron chi connectivity index (χ2n) is 6.59. The summed E-state index contributed by atoms with van der Waals surface area (Å²) in [6, 6.07) is 8.63. The summed E-state index contributed by atoms with van der Waals surface area (Å²) in [5, 5.41) is 18.1. The van der Waals surface area contributed by atoms with Crippen molar-refractivity contribution >= 4 is 11.0 Å². The Morgan fingerprint density at radius 3 is 2.54 bits per heavy atom.